The van der Waals surface area contributed by atoms with Gasteiger partial charge < -0.3 is 18.7 Å². The lowest BCUT2D eigenvalue weighted by atomic mass is 10.1. The summed E-state index contributed by atoms with van der Waals surface area (Å²) in [4.78, 5) is 13.1. The molecule has 0 unspecified atom stereocenters. The molecule has 0 fully saturated rings. The van der Waals surface area contributed by atoms with E-state index in [1.807, 2.05) is 17.5 Å². The van der Waals surface area contributed by atoms with Crippen molar-refractivity contribution in [1.82, 2.24) is 10.2 Å². The standard InChI is InChI=1S/C18H14N2O5S/c1-10(17-19-20-18(25-17)15-3-2-6-26-15)24-16(22)7-11-9-23-14-8-12(21)4-5-13(11)14/h2-6,8-10,21H,7H2,1H3/t10-/m1/s1. The summed E-state index contributed by atoms with van der Waals surface area (Å²) in [6.07, 6.45) is 0.858. The normalized spacial score (nSPS) is 12.3. The van der Waals surface area contributed by atoms with E-state index in [0.29, 0.717) is 17.0 Å². The van der Waals surface area contributed by atoms with E-state index < -0.39 is 12.1 Å². The zero-order chi connectivity index (χ0) is 18.1. The number of fused-ring (bicyclic) bond motifs is 1. The molecule has 3 aromatic heterocycles. The number of benzene rings is 1. The molecule has 0 saturated heterocycles. The van der Waals surface area contributed by atoms with E-state index in [4.69, 9.17) is 13.6 Å². The fourth-order valence-corrected chi connectivity index (χ4v) is 3.20. The van der Waals surface area contributed by atoms with Gasteiger partial charge in [0.05, 0.1) is 17.6 Å². The molecule has 0 bridgehead atoms. The molecule has 1 aromatic carbocycles. The highest BCUT2D eigenvalue weighted by molar-refractivity contribution is 7.13. The zero-order valence-corrected chi connectivity index (χ0v) is 14.5. The Kier molecular flexibility index (Phi) is 4.18. The largest absolute Gasteiger partial charge is 0.508 e. The van der Waals surface area contributed by atoms with Crippen LogP contribution < -0.4 is 0 Å². The number of hydrogen-bond acceptors (Lipinski definition) is 8. The number of hydrogen-bond donors (Lipinski definition) is 1. The summed E-state index contributed by atoms with van der Waals surface area (Å²) in [7, 11) is 0. The van der Waals surface area contributed by atoms with Gasteiger partial charge in [-0.05, 0) is 30.5 Å². The second-order valence-corrected chi connectivity index (χ2v) is 6.62. The quantitative estimate of drug-likeness (QED) is 0.528. The van der Waals surface area contributed by atoms with Crippen LogP contribution in [0.4, 0.5) is 0 Å². The van der Waals surface area contributed by atoms with Crippen molar-refractivity contribution in [2.24, 2.45) is 0 Å². The minimum absolute atomic E-state index is 0.0357. The monoisotopic (exact) mass is 370 g/mol. The van der Waals surface area contributed by atoms with Crippen molar-refractivity contribution in [3.05, 3.63) is 53.4 Å². The van der Waals surface area contributed by atoms with Gasteiger partial charge in [-0.2, -0.15) is 0 Å². The molecule has 0 saturated carbocycles. The highest BCUT2D eigenvalue weighted by atomic mass is 32.1. The number of phenols is 1. The van der Waals surface area contributed by atoms with Crippen LogP contribution in [0.5, 0.6) is 5.75 Å². The number of aromatic hydroxyl groups is 1. The van der Waals surface area contributed by atoms with Crippen molar-refractivity contribution < 1.29 is 23.5 Å². The average Bonchev–Trinajstić information content (AvgIpc) is 3.35. The summed E-state index contributed by atoms with van der Waals surface area (Å²) >= 11 is 1.49. The minimum Gasteiger partial charge on any atom is -0.508 e. The van der Waals surface area contributed by atoms with Gasteiger partial charge in [0, 0.05) is 17.0 Å². The van der Waals surface area contributed by atoms with Gasteiger partial charge in [-0.3, -0.25) is 4.79 Å². The molecule has 4 rings (SSSR count). The summed E-state index contributed by atoms with van der Waals surface area (Å²) in [6, 6.07) is 8.51. The van der Waals surface area contributed by atoms with Gasteiger partial charge in [0.25, 0.3) is 11.8 Å². The third kappa shape index (κ3) is 3.18. The van der Waals surface area contributed by atoms with Gasteiger partial charge in [-0.15, -0.1) is 21.5 Å². The first-order valence-corrected chi connectivity index (χ1v) is 8.74. The molecule has 132 valence electrons. The number of aromatic nitrogens is 2. The summed E-state index contributed by atoms with van der Waals surface area (Å²) < 4.78 is 16.3. The number of carbonyl (C=O) groups is 1. The van der Waals surface area contributed by atoms with E-state index >= 15 is 0 Å². The smallest absolute Gasteiger partial charge is 0.311 e. The maximum Gasteiger partial charge on any atom is 0.311 e. The Morgan fingerprint density at radius 1 is 1.35 bits per heavy atom. The van der Waals surface area contributed by atoms with Crippen molar-refractivity contribution in [3.63, 3.8) is 0 Å². The molecule has 0 aliphatic rings. The number of phenolic OH excluding ortho intramolecular Hbond substituents is 1. The lowest BCUT2D eigenvalue weighted by Crippen LogP contribution is -2.11. The number of thiophene rings is 1. The van der Waals surface area contributed by atoms with Crippen LogP contribution in [0.25, 0.3) is 21.7 Å². The van der Waals surface area contributed by atoms with E-state index in [-0.39, 0.29) is 18.1 Å². The number of furan rings is 1. The van der Waals surface area contributed by atoms with E-state index in [1.54, 1.807) is 19.1 Å². The molecule has 26 heavy (non-hydrogen) atoms. The number of ether oxygens (including phenoxy) is 1. The molecule has 0 aliphatic heterocycles. The van der Waals surface area contributed by atoms with Gasteiger partial charge in [0.15, 0.2) is 6.10 Å². The summed E-state index contributed by atoms with van der Waals surface area (Å²) in [5.41, 5.74) is 1.19. The number of esters is 1. The van der Waals surface area contributed by atoms with Crippen LogP contribution in [0, 0.1) is 0 Å². The van der Waals surface area contributed by atoms with Gasteiger partial charge in [-0.25, -0.2) is 0 Å². The molecule has 3 heterocycles. The van der Waals surface area contributed by atoms with Crippen molar-refractivity contribution in [2.75, 3.05) is 0 Å². The third-order valence-corrected chi connectivity index (χ3v) is 4.66. The highest BCUT2D eigenvalue weighted by Crippen LogP contribution is 2.28. The van der Waals surface area contributed by atoms with Crippen molar-refractivity contribution in [3.8, 4) is 16.5 Å². The van der Waals surface area contributed by atoms with E-state index in [2.05, 4.69) is 10.2 Å². The number of nitrogens with zero attached hydrogens (tertiary/aromatic N) is 2. The Morgan fingerprint density at radius 2 is 2.23 bits per heavy atom. The molecule has 1 N–H and O–H groups in total. The SMILES string of the molecule is C[C@@H](OC(=O)Cc1coc2cc(O)ccc12)c1nnc(-c2cccs2)o1. The van der Waals surface area contributed by atoms with Crippen LogP contribution in [-0.2, 0) is 16.0 Å². The summed E-state index contributed by atoms with van der Waals surface area (Å²) in [6.45, 7) is 1.68. The second-order valence-electron chi connectivity index (χ2n) is 5.67. The second kappa shape index (κ2) is 6.64. The van der Waals surface area contributed by atoms with Crippen LogP contribution in [0.3, 0.4) is 0 Å². The third-order valence-electron chi connectivity index (χ3n) is 3.80. The molecular formula is C18H14N2O5S. The lowest BCUT2D eigenvalue weighted by molar-refractivity contribution is -0.148. The molecule has 7 nitrogen and oxygen atoms in total. The fraction of sp³-hybridized carbons (Fsp3) is 0.167. The van der Waals surface area contributed by atoms with Crippen molar-refractivity contribution in [1.29, 1.82) is 0 Å². The van der Waals surface area contributed by atoms with Crippen LogP contribution in [0.1, 0.15) is 24.5 Å². The molecule has 1 atom stereocenters. The summed E-state index contributed by atoms with van der Waals surface area (Å²) in [5.74, 6) is 0.305. The van der Waals surface area contributed by atoms with Crippen LogP contribution in [0.2, 0.25) is 0 Å². The Balaban J connectivity index is 1.44. The van der Waals surface area contributed by atoms with Gasteiger partial charge in [0.2, 0.25) is 0 Å². The summed E-state index contributed by atoms with van der Waals surface area (Å²) in [5, 5.41) is 20.1. The van der Waals surface area contributed by atoms with E-state index in [9.17, 15) is 9.90 Å². The number of carbonyl (C=O) groups excluding carboxylic acids is 1. The fourth-order valence-electron chi connectivity index (χ4n) is 2.55. The van der Waals surface area contributed by atoms with Gasteiger partial charge >= 0.3 is 5.97 Å². The minimum atomic E-state index is -0.661. The first-order valence-electron chi connectivity index (χ1n) is 7.86. The molecule has 4 aromatic rings. The van der Waals surface area contributed by atoms with Crippen molar-refractivity contribution >= 4 is 28.3 Å². The van der Waals surface area contributed by atoms with Crippen LogP contribution in [-0.4, -0.2) is 21.3 Å². The highest BCUT2D eigenvalue weighted by Gasteiger charge is 2.20. The van der Waals surface area contributed by atoms with Crippen LogP contribution >= 0.6 is 11.3 Å². The van der Waals surface area contributed by atoms with Gasteiger partial charge in [-0.1, -0.05) is 6.07 Å². The molecule has 0 spiro atoms. The van der Waals surface area contributed by atoms with E-state index in [0.717, 1.165) is 10.3 Å². The molecule has 8 heteroatoms. The Hall–Kier alpha value is -3.13. The van der Waals surface area contributed by atoms with Crippen molar-refractivity contribution in [2.45, 2.75) is 19.4 Å². The predicted molar refractivity (Wildman–Crippen MR) is 93.7 cm³/mol. The maximum atomic E-state index is 12.2. The Bertz CT molecular complexity index is 1050. The average molecular weight is 370 g/mol. The Morgan fingerprint density at radius 3 is 3.04 bits per heavy atom. The number of rotatable bonds is 5. The molecule has 0 aliphatic carbocycles. The maximum absolute atomic E-state index is 12.2. The molecular weight excluding hydrogens is 356 g/mol. The Labute approximate surface area is 151 Å². The predicted octanol–water partition coefficient (Wildman–Crippen LogP) is 4.10. The first-order chi connectivity index (χ1) is 12.6. The first kappa shape index (κ1) is 16.3. The molecule has 0 amide bonds. The van der Waals surface area contributed by atoms with Gasteiger partial charge in [0.1, 0.15) is 11.3 Å². The topological polar surface area (TPSA) is 98.6 Å². The zero-order valence-electron chi connectivity index (χ0n) is 13.7. The molecule has 0 radical (unpaired) electrons. The van der Waals surface area contributed by atoms with Crippen LogP contribution in [0.15, 0.2) is 50.8 Å². The lowest BCUT2D eigenvalue weighted by Gasteiger charge is -2.08. The van der Waals surface area contributed by atoms with E-state index in [1.165, 1.54) is 23.7 Å².